The highest BCUT2D eigenvalue weighted by molar-refractivity contribution is 5.92. The molecular formula is C15H21NO3. The molecule has 19 heavy (non-hydrogen) atoms. The fourth-order valence-electron chi connectivity index (χ4n) is 2.30. The number of carbonyl (C=O) groups is 1. The Morgan fingerprint density at radius 1 is 1.53 bits per heavy atom. The molecule has 1 aliphatic heterocycles. The van der Waals surface area contributed by atoms with E-state index in [1.165, 1.54) is 0 Å². The summed E-state index contributed by atoms with van der Waals surface area (Å²) in [7, 11) is 1.60. The van der Waals surface area contributed by atoms with Crippen LogP contribution in [0.4, 0.5) is 5.69 Å². The van der Waals surface area contributed by atoms with Crippen molar-refractivity contribution in [2.45, 2.75) is 38.7 Å². The van der Waals surface area contributed by atoms with Crippen molar-refractivity contribution in [2.75, 3.05) is 19.0 Å². The van der Waals surface area contributed by atoms with Crippen molar-refractivity contribution in [1.29, 1.82) is 0 Å². The lowest BCUT2D eigenvalue weighted by molar-refractivity contribution is -0.116. The highest BCUT2D eigenvalue weighted by Gasteiger charge is 2.17. The third kappa shape index (κ3) is 3.96. The first-order valence-electron chi connectivity index (χ1n) is 6.75. The van der Waals surface area contributed by atoms with Gasteiger partial charge in [0.2, 0.25) is 5.91 Å². The molecule has 0 unspecified atom stereocenters. The lowest BCUT2D eigenvalue weighted by Crippen LogP contribution is -2.15. The van der Waals surface area contributed by atoms with E-state index in [1.807, 2.05) is 25.1 Å². The van der Waals surface area contributed by atoms with Gasteiger partial charge < -0.3 is 14.8 Å². The van der Waals surface area contributed by atoms with E-state index < -0.39 is 0 Å². The minimum atomic E-state index is 0.0133. The molecule has 0 bridgehead atoms. The van der Waals surface area contributed by atoms with Crippen LogP contribution in [0.2, 0.25) is 0 Å². The standard InChI is InChI=1S/C15H21NO3/c1-11-5-7-14(18-2)13(10-11)16-15(17)8-6-12-4-3-9-19-12/h5,7,10,12H,3-4,6,8-9H2,1-2H3,(H,16,17)/t12-/m1/s1. The molecule has 1 saturated heterocycles. The van der Waals surface area contributed by atoms with Gasteiger partial charge in [-0.25, -0.2) is 0 Å². The van der Waals surface area contributed by atoms with Crippen molar-refractivity contribution in [3.05, 3.63) is 23.8 Å². The van der Waals surface area contributed by atoms with E-state index in [0.29, 0.717) is 12.2 Å². The van der Waals surface area contributed by atoms with Crippen LogP contribution in [-0.2, 0) is 9.53 Å². The van der Waals surface area contributed by atoms with Crippen molar-refractivity contribution in [1.82, 2.24) is 0 Å². The monoisotopic (exact) mass is 263 g/mol. The predicted molar refractivity (Wildman–Crippen MR) is 74.6 cm³/mol. The summed E-state index contributed by atoms with van der Waals surface area (Å²) >= 11 is 0. The van der Waals surface area contributed by atoms with Gasteiger partial charge in [-0.1, -0.05) is 6.07 Å². The minimum Gasteiger partial charge on any atom is -0.495 e. The third-order valence-electron chi connectivity index (χ3n) is 3.35. The Kier molecular flexibility index (Phi) is 4.80. The molecule has 2 rings (SSSR count). The first-order chi connectivity index (χ1) is 9.19. The minimum absolute atomic E-state index is 0.0133. The Bertz CT molecular complexity index is 439. The fourth-order valence-corrected chi connectivity index (χ4v) is 2.30. The zero-order chi connectivity index (χ0) is 13.7. The van der Waals surface area contributed by atoms with Crippen LogP contribution in [0, 0.1) is 6.92 Å². The zero-order valence-electron chi connectivity index (χ0n) is 11.6. The second kappa shape index (κ2) is 6.57. The third-order valence-corrected chi connectivity index (χ3v) is 3.35. The molecule has 0 aromatic heterocycles. The summed E-state index contributed by atoms with van der Waals surface area (Å²) in [6, 6.07) is 5.74. The normalized spacial score (nSPS) is 18.3. The molecule has 1 N–H and O–H groups in total. The van der Waals surface area contributed by atoms with Gasteiger partial charge in [-0.05, 0) is 43.9 Å². The number of hydrogen-bond acceptors (Lipinski definition) is 3. The second-order valence-corrected chi connectivity index (χ2v) is 4.93. The summed E-state index contributed by atoms with van der Waals surface area (Å²) in [5, 5.41) is 2.91. The predicted octanol–water partition coefficient (Wildman–Crippen LogP) is 2.90. The molecule has 1 atom stereocenters. The van der Waals surface area contributed by atoms with E-state index in [9.17, 15) is 4.79 Å². The number of aryl methyl sites for hydroxylation is 1. The highest BCUT2D eigenvalue weighted by atomic mass is 16.5. The van der Waals surface area contributed by atoms with Gasteiger partial charge in [-0.15, -0.1) is 0 Å². The average molecular weight is 263 g/mol. The van der Waals surface area contributed by atoms with E-state index in [0.717, 1.165) is 37.1 Å². The lowest BCUT2D eigenvalue weighted by Gasteiger charge is -2.12. The first kappa shape index (κ1) is 13.9. The Morgan fingerprint density at radius 2 is 2.37 bits per heavy atom. The number of carbonyl (C=O) groups excluding carboxylic acids is 1. The molecule has 1 aromatic carbocycles. The summed E-state index contributed by atoms with van der Waals surface area (Å²) < 4.78 is 10.8. The quantitative estimate of drug-likeness (QED) is 0.888. The van der Waals surface area contributed by atoms with E-state index in [-0.39, 0.29) is 12.0 Å². The topological polar surface area (TPSA) is 47.6 Å². The molecule has 0 saturated carbocycles. The Morgan fingerprint density at radius 3 is 3.05 bits per heavy atom. The molecule has 1 aliphatic rings. The summed E-state index contributed by atoms with van der Waals surface area (Å²) in [6.45, 7) is 2.82. The van der Waals surface area contributed by atoms with E-state index >= 15 is 0 Å². The Labute approximate surface area is 114 Å². The molecule has 104 valence electrons. The largest absolute Gasteiger partial charge is 0.495 e. The van der Waals surface area contributed by atoms with Crippen molar-refractivity contribution in [3.8, 4) is 5.75 Å². The number of nitrogens with one attached hydrogen (secondary N) is 1. The summed E-state index contributed by atoms with van der Waals surface area (Å²) in [5.41, 5.74) is 1.83. The molecule has 1 amide bonds. The van der Waals surface area contributed by atoms with Crippen molar-refractivity contribution in [2.24, 2.45) is 0 Å². The van der Waals surface area contributed by atoms with Gasteiger partial charge in [-0.2, -0.15) is 0 Å². The summed E-state index contributed by atoms with van der Waals surface area (Å²) in [6.07, 6.45) is 3.71. The van der Waals surface area contributed by atoms with Gasteiger partial charge in [-0.3, -0.25) is 4.79 Å². The molecule has 0 radical (unpaired) electrons. The summed E-state index contributed by atoms with van der Waals surface area (Å²) in [4.78, 5) is 11.9. The molecule has 1 aromatic rings. The van der Waals surface area contributed by atoms with Crippen LogP contribution in [-0.4, -0.2) is 25.7 Å². The molecule has 4 nitrogen and oxygen atoms in total. The van der Waals surface area contributed by atoms with Gasteiger partial charge in [0.15, 0.2) is 0 Å². The van der Waals surface area contributed by atoms with Crippen LogP contribution in [0.5, 0.6) is 5.75 Å². The number of methoxy groups -OCH3 is 1. The number of ether oxygens (including phenoxy) is 2. The number of rotatable bonds is 5. The lowest BCUT2D eigenvalue weighted by atomic mass is 10.1. The van der Waals surface area contributed by atoms with Crippen LogP contribution < -0.4 is 10.1 Å². The summed E-state index contributed by atoms with van der Waals surface area (Å²) in [5.74, 6) is 0.704. The number of amides is 1. The number of benzene rings is 1. The second-order valence-electron chi connectivity index (χ2n) is 4.93. The van der Waals surface area contributed by atoms with Crippen molar-refractivity contribution < 1.29 is 14.3 Å². The van der Waals surface area contributed by atoms with Gasteiger partial charge >= 0.3 is 0 Å². The molecule has 0 aliphatic carbocycles. The molecule has 1 heterocycles. The van der Waals surface area contributed by atoms with Crippen LogP contribution >= 0.6 is 0 Å². The SMILES string of the molecule is COc1ccc(C)cc1NC(=O)CC[C@H]1CCCO1. The molecule has 1 fully saturated rings. The molecule has 0 spiro atoms. The smallest absolute Gasteiger partial charge is 0.224 e. The highest BCUT2D eigenvalue weighted by Crippen LogP contribution is 2.25. The maximum Gasteiger partial charge on any atom is 0.224 e. The van der Waals surface area contributed by atoms with E-state index in [4.69, 9.17) is 9.47 Å². The van der Waals surface area contributed by atoms with Gasteiger partial charge in [0.05, 0.1) is 18.9 Å². The zero-order valence-corrected chi connectivity index (χ0v) is 11.6. The van der Waals surface area contributed by atoms with Crippen LogP contribution in [0.25, 0.3) is 0 Å². The van der Waals surface area contributed by atoms with Crippen LogP contribution in [0.3, 0.4) is 0 Å². The van der Waals surface area contributed by atoms with Gasteiger partial charge in [0.1, 0.15) is 5.75 Å². The Balaban J connectivity index is 1.88. The van der Waals surface area contributed by atoms with Gasteiger partial charge in [0.25, 0.3) is 0 Å². The number of anilines is 1. The van der Waals surface area contributed by atoms with Gasteiger partial charge in [0, 0.05) is 13.0 Å². The van der Waals surface area contributed by atoms with Crippen molar-refractivity contribution in [3.63, 3.8) is 0 Å². The number of hydrogen-bond donors (Lipinski definition) is 1. The maximum absolute atomic E-state index is 11.9. The molecule has 4 heteroatoms. The average Bonchev–Trinajstić information content (AvgIpc) is 2.90. The fraction of sp³-hybridized carbons (Fsp3) is 0.533. The van der Waals surface area contributed by atoms with E-state index in [2.05, 4.69) is 5.32 Å². The van der Waals surface area contributed by atoms with Crippen LogP contribution in [0.1, 0.15) is 31.2 Å². The van der Waals surface area contributed by atoms with Crippen LogP contribution in [0.15, 0.2) is 18.2 Å². The van der Waals surface area contributed by atoms with E-state index in [1.54, 1.807) is 7.11 Å². The maximum atomic E-state index is 11.9. The van der Waals surface area contributed by atoms with Crippen molar-refractivity contribution >= 4 is 11.6 Å². The molecular weight excluding hydrogens is 242 g/mol. The Hall–Kier alpha value is -1.55. The first-order valence-corrected chi connectivity index (χ1v) is 6.75.